The molecule has 9 heteroatoms. The zero-order valence-corrected chi connectivity index (χ0v) is 18.5. The van der Waals surface area contributed by atoms with Crippen LogP contribution in [0.15, 0.2) is 54.9 Å². The summed E-state index contributed by atoms with van der Waals surface area (Å²) in [7, 11) is 1.67. The van der Waals surface area contributed by atoms with E-state index in [1.54, 1.807) is 25.4 Å². The minimum Gasteiger partial charge on any atom is -0.496 e. The lowest BCUT2D eigenvalue weighted by Gasteiger charge is -2.18. The van der Waals surface area contributed by atoms with Crippen LogP contribution in [-0.4, -0.2) is 23.2 Å². The van der Waals surface area contributed by atoms with Crippen molar-refractivity contribution in [2.24, 2.45) is 0 Å². The predicted octanol–water partition coefficient (Wildman–Crippen LogP) is 3.32. The fraction of sp³-hybridized carbons (Fsp3) is 0.292. The zero-order chi connectivity index (χ0) is 23.2. The molecule has 0 bridgehead atoms. The van der Waals surface area contributed by atoms with Gasteiger partial charge >= 0.3 is 0 Å². The second-order valence-electron chi connectivity index (χ2n) is 7.90. The van der Waals surface area contributed by atoms with E-state index in [-0.39, 0.29) is 29.8 Å². The van der Waals surface area contributed by atoms with Crippen molar-refractivity contribution in [3.05, 3.63) is 83.1 Å². The van der Waals surface area contributed by atoms with E-state index in [1.165, 1.54) is 18.3 Å². The van der Waals surface area contributed by atoms with Gasteiger partial charge in [-0.2, -0.15) is 5.26 Å². The number of hydrazine groups is 1. The van der Waals surface area contributed by atoms with E-state index in [2.05, 4.69) is 50.5 Å². The molecule has 0 saturated carbocycles. The molecular weight excluding hydrogens is 421 g/mol. The summed E-state index contributed by atoms with van der Waals surface area (Å²) in [5.74, 6) is 1.17. The van der Waals surface area contributed by atoms with Gasteiger partial charge in [0, 0.05) is 24.6 Å². The highest BCUT2D eigenvalue weighted by atomic mass is 19.1. The van der Waals surface area contributed by atoms with Crippen molar-refractivity contribution >= 4 is 5.82 Å². The van der Waals surface area contributed by atoms with Crippen LogP contribution in [0.5, 0.6) is 5.75 Å². The summed E-state index contributed by atoms with van der Waals surface area (Å²) in [6.45, 7) is 2.71. The number of nitrogens with one attached hydrogen (secondary N) is 4. The standard InChI is InChI=1S/C24H26FN7O/c1-15(17-4-6-18(25)7-5-17)27-12-16-3-8-20(22(9-16)33-2)21-10-23(32-31-21)30-24-14-28-19(11-26)13-29-24/h3-9,13-15,21,23,27,31-32H,10,12H2,1-2H3,(H,29,30)/t15-,21?,23?/m0/s1. The summed E-state index contributed by atoms with van der Waals surface area (Å²) < 4.78 is 18.8. The van der Waals surface area contributed by atoms with E-state index < -0.39 is 0 Å². The van der Waals surface area contributed by atoms with Crippen LogP contribution in [-0.2, 0) is 6.54 Å². The molecule has 1 fully saturated rings. The van der Waals surface area contributed by atoms with Crippen molar-refractivity contribution in [2.75, 3.05) is 12.4 Å². The minimum atomic E-state index is -0.233. The van der Waals surface area contributed by atoms with Crippen molar-refractivity contribution in [2.45, 2.75) is 38.1 Å². The Balaban J connectivity index is 1.36. The van der Waals surface area contributed by atoms with Crippen molar-refractivity contribution in [1.29, 1.82) is 5.26 Å². The van der Waals surface area contributed by atoms with Crippen molar-refractivity contribution < 1.29 is 9.13 Å². The number of nitriles is 1. The molecule has 4 N–H and O–H groups in total. The first-order chi connectivity index (χ1) is 16.1. The lowest BCUT2D eigenvalue weighted by atomic mass is 10.0. The second-order valence-corrected chi connectivity index (χ2v) is 7.90. The summed E-state index contributed by atoms with van der Waals surface area (Å²) in [6, 6.07) is 14.8. The highest BCUT2D eigenvalue weighted by Crippen LogP contribution is 2.31. The molecule has 1 aromatic heterocycles. The molecule has 3 aromatic rings. The summed E-state index contributed by atoms with van der Waals surface area (Å²) >= 11 is 0. The van der Waals surface area contributed by atoms with Crippen molar-refractivity contribution in [3.63, 3.8) is 0 Å². The Hall–Kier alpha value is -3.58. The van der Waals surface area contributed by atoms with Gasteiger partial charge in [-0.05, 0) is 36.2 Å². The number of nitrogens with zero attached hydrogens (tertiary/aromatic N) is 3. The number of rotatable bonds is 8. The number of methoxy groups -OCH3 is 1. The molecule has 1 saturated heterocycles. The monoisotopic (exact) mass is 447 g/mol. The maximum atomic E-state index is 13.1. The average molecular weight is 448 g/mol. The van der Waals surface area contributed by atoms with E-state index in [1.807, 2.05) is 12.1 Å². The number of benzene rings is 2. The molecule has 2 unspecified atom stereocenters. The highest BCUT2D eigenvalue weighted by molar-refractivity contribution is 5.41. The fourth-order valence-electron chi connectivity index (χ4n) is 3.79. The zero-order valence-electron chi connectivity index (χ0n) is 18.5. The summed E-state index contributed by atoms with van der Waals surface area (Å²) in [5, 5.41) is 15.6. The molecule has 4 rings (SSSR count). The normalized spacial score (nSPS) is 18.5. The highest BCUT2D eigenvalue weighted by Gasteiger charge is 2.27. The summed E-state index contributed by atoms with van der Waals surface area (Å²) in [5.41, 5.74) is 9.98. The molecule has 0 aliphatic carbocycles. The number of ether oxygens (including phenoxy) is 1. The Morgan fingerprint density at radius 1 is 1.18 bits per heavy atom. The van der Waals surface area contributed by atoms with Gasteiger partial charge in [-0.25, -0.2) is 25.2 Å². The van der Waals surface area contributed by atoms with Gasteiger partial charge in [0.05, 0.1) is 31.7 Å². The van der Waals surface area contributed by atoms with Crippen LogP contribution in [0.1, 0.15) is 47.8 Å². The molecule has 3 atom stereocenters. The van der Waals surface area contributed by atoms with Gasteiger partial charge in [-0.1, -0.05) is 24.3 Å². The SMILES string of the molecule is COc1cc(CN[C@@H](C)c2ccc(F)cc2)ccc1C1CC(Nc2cnc(C#N)cn2)NN1. The quantitative estimate of drug-likeness (QED) is 0.417. The van der Waals surface area contributed by atoms with Gasteiger partial charge in [-0.15, -0.1) is 0 Å². The Kier molecular flexibility index (Phi) is 7.10. The second kappa shape index (κ2) is 10.4. The number of hydrogen-bond donors (Lipinski definition) is 4. The summed E-state index contributed by atoms with van der Waals surface area (Å²) in [6.07, 6.45) is 3.69. The minimum absolute atomic E-state index is 0.0453. The van der Waals surface area contributed by atoms with Crippen LogP contribution >= 0.6 is 0 Å². The number of hydrogen-bond acceptors (Lipinski definition) is 8. The first-order valence-electron chi connectivity index (χ1n) is 10.7. The molecular formula is C24H26FN7O. The van der Waals surface area contributed by atoms with Crippen LogP contribution in [0.3, 0.4) is 0 Å². The molecule has 0 radical (unpaired) electrons. The lowest BCUT2D eigenvalue weighted by Crippen LogP contribution is -2.36. The maximum Gasteiger partial charge on any atom is 0.158 e. The van der Waals surface area contributed by atoms with Gasteiger partial charge in [0.1, 0.15) is 23.5 Å². The Labute approximate surface area is 192 Å². The van der Waals surface area contributed by atoms with Gasteiger partial charge < -0.3 is 15.4 Å². The van der Waals surface area contributed by atoms with Crippen LogP contribution in [0.4, 0.5) is 10.2 Å². The lowest BCUT2D eigenvalue weighted by molar-refractivity contribution is 0.401. The molecule has 1 aliphatic rings. The smallest absolute Gasteiger partial charge is 0.158 e. The average Bonchev–Trinajstić information content (AvgIpc) is 3.31. The third-order valence-corrected chi connectivity index (χ3v) is 5.65. The Morgan fingerprint density at radius 3 is 2.70 bits per heavy atom. The Bertz CT molecular complexity index is 1120. The van der Waals surface area contributed by atoms with Crippen molar-refractivity contribution in [1.82, 2.24) is 26.1 Å². The molecule has 2 aromatic carbocycles. The number of anilines is 1. The first kappa shape index (κ1) is 22.6. The molecule has 8 nitrogen and oxygen atoms in total. The Morgan fingerprint density at radius 2 is 2.00 bits per heavy atom. The summed E-state index contributed by atoms with van der Waals surface area (Å²) in [4.78, 5) is 8.23. The van der Waals surface area contributed by atoms with E-state index in [4.69, 9.17) is 10.00 Å². The van der Waals surface area contributed by atoms with Gasteiger partial charge in [-0.3, -0.25) is 0 Å². The van der Waals surface area contributed by atoms with E-state index in [0.29, 0.717) is 12.4 Å². The largest absolute Gasteiger partial charge is 0.496 e. The fourth-order valence-corrected chi connectivity index (χ4v) is 3.79. The first-order valence-corrected chi connectivity index (χ1v) is 10.7. The van der Waals surface area contributed by atoms with Gasteiger partial charge in [0.15, 0.2) is 5.69 Å². The molecule has 2 heterocycles. The van der Waals surface area contributed by atoms with E-state index in [0.717, 1.165) is 28.9 Å². The van der Waals surface area contributed by atoms with Gasteiger partial charge in [0.2, 0.25) is 0 Å². The van der Waals surface area contributed by atoms with Crippen LogP contribution in [0.2, 0.25) is 0 Å². The maximum absolute atomic E-state index is 13.1. The number of aromatic nitrogens is 2. The van der Waals surface area contributed by atoms with Gasteiger partial charge in [0.25, 0.3) is 0 Å². The topological polar surface area (TPSA) is 107 Å². The van der Waals surface area contributed by atoms with E-state index >= 15 is 0 Å². The molecule has 170 valence electrons. The van der Waals surface area contributed by atoms with Crippen LogP contribution in [0, 0.1) is 17.1 Å². The van der Waals surface area contributed by atoms with Crippen molar-refractivity contribution in [3.8, 4) is 11.8 Å². The molecule has 1 aliphatic heterocycles. The molecule has 0 amide bonds. The molecule has 33 heavy (non-hydrogen) atoms. The van der Waals surface area contributed by atoms with E-state index in [9.17, 15) is 4.39 Å². The van der Waals surface area contributed by atoms with Crippen LogP contribution in [0.25, 0.3) is 0 Å². The predicted molar refractivity (Wildman–Crippen MR) is 122 cm³/mol. The molecule has 0 spiro atoms. The third kappa shape index (κ3) is 5.62. The third-order valence-electron chi connectivity index (χ3n) is 5.65. The number of halogens is 1. The van der Waals surface area contributed by atoms with Crippen LogP contribution < -0.4 is 26.2 Å².